The van der Waals surface area contributed by atoms with Crippen molar-refractivity contribution in [2.24, 2.45) is 17.8 Å². The first kappa shape index (κ1) is 14.7. The highest BCUT2D eigenvalue weighted by molar-refractivity contribution is 6.69. The quantitative estimate of drug-likeness (QED) is 0.706. The Hall–Kier alpha value is -0.333. The minimum Gasteiger partial charge on any atom is -0.400 e. The van der Waals surface area contributed by atoms with Crippen LogP contribution in [-0.4, -0.2) is 13.9 Å². The Morgan fingerprint density at radius 3 is 2.29 bits per heavy atom. The molecule has 0 spiro atoms. The minimum atomic E-state index is -1.68. The normalized spacial score (nSPS) is 34.7. The van der Waals surface area contributed by atoms with Crippen molar-refractivity contribution >= 4 is 8.32 Å². The summed E-state index contributed by atoms with van der Waals surface area (Å²) in [5, 5.41) is 9.69. The molecule has 1 aliphatic carbocycles. The molecule has 98 valence electrons. The molecule has 1 aliphatic rings. The third-order valence-corrected chi connectivity index (χ3v) is 4.68. The van der Waals surface area contributed by atoms with E-state index >= 15 is 0 Å². The molecule has 0 aromatic rings. The van der Waals surface area contributed by atoms with Gasteiger partial charge >= 0.3 is 0 Å². The predicted molar refractivity (Wildman–Crippen MR) is 74.1 cm³/mol. The number of nitriles is 1. The largest absolute Gasteiger partial charge is 0.400 e. The molecule has 0 aromatic carbocycles. The van der Waals surface area contributed by atoms with Crippen LogP contribution in [0.3, 0.4) is 0 Å². The first-order chi connectivity index (χ1) is 7.70. The fourth-order valence-corrected chi connectivity index (χ4v) is 4.53. The molecule has 0 radical (unpaired) electrons. The Balaban J connectivity index is 3.01. The van der Waals surface area contributed by atoms with Crippen LogP contribution in [0.5, 0.6) is 0 Å². The molecule has 0 aliphatic heterocycles. The molecule has 1 unspecified atom stereocenters. The standard InChI is InChI=1S/C14H27NOSi/c1-11(2)13-8-7-12(3)9-14(13,10-15)16-17(4,5)6/h11-13H,7-9H2,1-6H3/t12-,13+,14?/m1/s1. The highest BCUT2D eigenvalue weighted by Gasteiger charge is 2.47. The number of nitrogens with zero attached hydrogens (tertiary/aromatic N) is 1. The van der Waals surface area contributed by atoms with Crippen molar-refractivity contribution in [2.75, 3.05) is 0 Å². The maximum Gasteiger partial charge on any atom is 0.185 e. The van der Waals surface area contributed by atoms with E-state index in [2.05, 4.69) is 46.5 Å². The lowest BCUT2D eigenvalue weighted by Crippen LogP contribution is -2.51. The van der Waals surface area contributed by atoms with E-state index < -0.39 is 13.9 Å². The lowest BCUT2D eigenvalue weighted by atomic mass is 9.68. The van der Waals surface area contributed by atoms with Crippen LogP contribution in [0.25, 0.3) is 0 Å². The molecule has 17 heavy (non-hydrogen) atoms. The summed E-state index contributed by atoms with van der Waals surface area (Å²) in [6.45, 7) is 13.2. The van der Waals surface area contributed by atoms with Crippen LogP contribution in [0.2, 0.25) is 19.6 Å². The van der Waals surface area contributed by atoms with Gasteiger partial charge in [0.15, 0.2) is 8.32 Å². The Morgan fingerprint density at radius 1 is 1.29 bits per heavy atom. The highest BCUT2D eigenvalue weighted by Crippen LogP contribution is 2.44. The van der Waals surface area contributed by atoms with Crippen LogP contribution >= 0.6 is 0 Å². The summed E-state index contributed by atoms with van der Waals surface area (Å²) < 4.78 is 6.34. The van der Waals surface area contributed by atoms with E-state index in [0.29, 0.717) is 17.8 Å². The Bertz CT molecular complexity index is 302. The third-order valence-electron chi connectivity index (χ3n) is 3.70. The van der Waals surface area contributed by atoms with Gasteiger partial charge in [-0.05, 0) is 44.3 Å². The van der Waals surface area contributed by atoms with Gasteiger partial charge in [0.2, 0.25) is 0 Å². The summed E-state index contributed by atoms with van der Waals surface area (Å²) >= 11 is 0. The zero-order valence-electron chi connectivity index (χ0n) is 12.2. The smallest absolute Gasteiger partial charge is 0.185 e. The van der Waals surface area contributed by atoms with Gasteiger partial charge in [0.1, 0.15) is 5.60 Å². The maximum absolute atomic E-state index is 9.69. The zero-order chi connectivity index (χ0) is 13.3. The van der Waals surface area contributed by atoms with Crippen molar-refractivity contribution < 1.29 is 4.43 Å². The van der Waals surface area contributed by atoms with Crippen LogP contribution in [0.4, 0.5) is 0 Å². The molecule has 0 bridgehead atoms. The van der Waals surface area contributed by atoms with E-state index in [1.807, 2.05) is 0 Å². The van der Waals surface area contributed by atoms with E-state index in [1.165, 1.54) is 6.42 Å². The van der Waals surface area contributed by atoms with Crippen LogP contribution in [0, 0.1) is 29.1 Å². The summed E-state index contributed by atoms with van der Waals surface area (Å²) in [6, 6.07) is 2.55. The second-order valence-electron chi connectivity index (χ2n) is 6.95. The monoisotopic (exact) mass is 253 g/mol. The summed E-state index contributed by atoms with van der Waals surface area (Å²) in [6.07, 6.45) is 3.29. The van der Waals surface area contributed by atoms with E-state index in [1.54, 1.807) is 0 Å². The second-order valence-corrected chi connectivity index (χ2v) is 11.4. The van der Waals surface area contributed by atoms with Crippen LogP contribution in [0.15, 0.2) is 0 Å². The Kier molecular flexibility index (Phi) is 4.43. The molecule has 3 heteroatoms. The van der Waals surface area contributed by atoms with Crippen molar-refractivity contribution in [3.05, 3.63) is 0 Å². The maximum atomic E-state index is 9.69. The molecule has 1 saturated carbocycles. The number of hydrogen-bond donors (Lipinski definition) is 0. The van der Waals surface area contributed by atoms with Gasteiger partial charge in [0.25, 0.3) is 0 Å². The average molecular weight is 253 g/mol. The predicted octanol–water partition coefficient (Wildman–Crippen LogP) is 4.19. The topological polar surface area (TPSA) is 33.0 Å². The van der Waals surface area contributed by atoms with Gasteiger partial charge in [-0.2, -0.15) is 5.26 Å². The summed E-state index contributed by atoms with van der Waals surface area (Å²) in [4.78, 5) is 0. The highest BCUT2D eigenvalue weighted by atomic mass is 28.4. The first-order valence-electron chi connectivity index (χ1n) is 6.81. The first-order valence-corrected chi connectivity index (χ1v) is 10.2. The molecule has 2 nitrogen and oxygen atoms in total. The number of rotatable bonds is 3. The van der Waals surface area contributed by atoms with Gasteiger partial charge in [-0.15, -0.1) is 0 Å². The van der Waals surface area contributed by atoms with Crippen LogP contribution < -0.4 is 0 Å². The van der Waals surface area contributed by atoms with Gasteiger partial charge in [-0.25, -0.2) is 0 Å². The molecular weight excluding hydrogens is 226 g/mol. The van der Waals surface area contributed by atoms with Crippen molar-refractivity contribution in [2.45, 2.75) is 65.3 Å². The molecule has 0 aromatic heterocycles. The summed E-state index contributed by atoms with van der Waals surface area (Å²) in [5.41, 5.74) is -0.518. The molecule has 1 fully saturated rings. The molecule has 0 heterocycles. The van der Waals surface area contributed by atoms with Gasteiger partial charge in [0, 0.05) is 5.92 Å². The second kappa shape index (κ2) is 5.12. The van der Waals surface area contributed by atoms with E-state index in [9.17, 15) is 5.26 Å². The minimum absolute atomic E-state index is 0.399. The molecular formula is C14H27NOSi. The van der Waals surface area contributed by atoms with Crippen molar-refractivity contribution in [3.63, 3.8) is 0 Å². The third kappa shape index (κ3) is 3.56. The van der Waals surface area contributed by atoms with Gasteiger partial charge in [-0.1, -0.05) is 27.2 Å². The molecule has 0 saturated heterocycles. The van der Waals surface area contributed by atoms with E-state index in [-0.39, 0.29) is 0 Å². The SMILES string of the molecule is CC(C)[C@@H]1CC[C@@H](C)CC1(C#N)O[Si](C)(C)C. The molecule has 1 rings (SSSR count). The average Bonchev–Trinajstić information content (AvgIpc) is 2.14. The molecule has 3 atom stereocenters. The lowest BCUT2D eigenvalue weighted by molar-refractivity contribution is -0.0193. The Labute approximate surface area is 107 Å². The van der Waals surface area contributed by atoms with Gasteiger partial charge in [-0.3, -0.25) is 0 Å². The summed E-state index contributed by atoms with van der Waals surface area (Å²) in [7, 11) is -1.68. The van der Waals surface area contributed by atoms with E-state index in [0.717, 1.165) is 12.8 Å². The van der Waals surface area contributed by atoms with Gasteiger partial charge < -0.3 is 4.43 Å². The fourth-order valence-electron chi connectivity index (χ4n) is 3.16. The number of hydrogen-bond acceptors (Lipinski definition) is 2. The van der Waals surface area contributed by atoms with Crippen molar-refractivity contribution in [3.8, 4) is 6.07 Å². The Morgan fingerprint density at radius 2 is 1.88 bits per heavy atom. The lowest BCUT2D eigenvalue weighted by Gasteiger charge is -2.46. The summed E-state index contributed by atoms with van der Waals surface area (Å²) in [5.74, 6) is 1.54. The fraction of sp³-hybridized carbons (Fsp3) is 0.929. The van der Waals surface area contributed by atoms with Gasteiger partial charge in [0.05, 0.1) is 6.07 Å². The zero-order valence-corrected chi connectivity index (χ0v) is 13.2. The van der Waals surface area contributed by atoms with E-state index in [4.69, 9.17) is 4.43 Å². The van der Waals surface area contributed by atoms with Crippen molar-refractivity contribution in [1.82, 2.24) is 0 Å². The van der Waals surface area contributed by atoms with Crippen molar-refractivity contribution in [1.29, 1.82) is 5.26 Å². The van der Waals surface area contributed by atoms with Crippen LogP contribution in [0.1, 0.15) is 40.0 Å². The molecule has 0 amide bonds. The van der Waals surface area contributed by atoms with Crippen LogP contribution in [-0.2, 0) is 4.43 Å². The molecule has 0 N–H and O–H groups in total.